The fourth-order valence-corrected chi connectivity index (χ4v) is 3.60. The average molecular weight is 540 g/mol. The molecular formula is C17H23F3N8O7S. The van der Waals surface area contributed by atoms with Crippen molar-refractivity contribution in [2.75, 3.05) is 4.72 Å². The Morgan fingerprint density at radius 3 is 2.22 bits per heavy atom. The lowest BCUT2D eigenvalue weighted by Crippen LogP contribution is -2.42. The Hall–Kier alpha value is -4.29. The van der Waals surface area contributed by atoms with E-state index in [0.29, 0.717) is 5.69 Å². The number of halogens is 3. The number of aromatic nitrogens is 3. The first-order chi connectivity index (χ1) is 16.4. The van der Waals surface area contributed by atoms with Crippen LogP contribution in [-0.4, -0.2) is 57.8 Å². The van der Waals surface area contributed by atoms with Crippen LogP contribution < -0.4 is 27.5 Å². The minimum Gasteiger partial charge on any atom is -0.475 e. The zero-order chi connectivity index (χ0) is 28.0. The molecule has 36 heavy (non-hydrogen) atoms. The highest BCUT2D eigenvalue weighted by molar-refractivity contribution is 7.92. The third-order valence-electron chi connectivity index (χ3n) is 4.10. The van der Waals surface area contributed by atoms with Gasteiger partial charge in [0.25, 0.3) is 15.6 Å². The number of sulfonamides is 1. The minimum atomic E-state index is -5.08. The van der Waals surface area contributed by atoms with Crippen molar-refractivity contribution >= 4 is 33.5 Å². The van der Waals surface area contributed by atoms with E-state index in [9.17, 15) is 31.2 Å². The summed E-state index contributed by atoms with van der Waals surface area (Å²) in [6.07, 6.45) is -3.55. The van der Waals surface area contributed by atoms with Gasteiger partial charge >= 0.3 is 12.1 Å². The number of aliphatic carboxylic acids is 1. The van der Waals surface area contributed by atoms with Gasteiger partial charge in [-0.2, -0.15) is 21.6 Å². The van der Waals surface area contributed by atoms with Crippen LogP contribution in [0.15, 0.2) is 39.6 Å². The number of hydrogen-bond acceptors (Lipinski definition) is 8. The lowest BCUT2D eigenvalue weighted by molar-refractivity contribution is -0.192. The zero-order valence-corrected chi connectivity index (χ0v) is 19.7. The van der Waals surface area contributed by atoms with Crippen LogP contribution in [0.1, 0.15) is 18.7 Å². The molecule has 15 nitrogen and oxygen atoms in total. The van der Waals surface area contributed by atoms with Crippen LogP contribution in [0.2, 0.25) is 0 Å². The Bertz CT molecular complexity index is 1300. The largest absolute Gasteiger partial charge is 0.490 e. The maximum atomic E-state index is 13.0. The van der Waals surface area contributed by atoms with Gasteiger partial charge in [-0.25, -0.2) is 9.78 Å². The van der Waals surface area contributed by atoms with Gasteiger partial charge < -0.3 is 31.7 Å². The van der Waals surface area contributed by atoms with Crippen molar-refractivity contribution in [2.24, 2.45) is 29.4 Å². The number of oxime groups is 1. The number of carbonyl (C=O) groups is 2. The van der Waals surface area contributed by atoms with Gasteiger partial charge in [0, 0.05) is 18.9 Å². The van der Waals surface area contributed by atoms with Crippen molar-refractivity contribution in [3.05, 3.63) is 40.7 Å². The lowest BCUT2D eigenvalue weighted by atomic mass is 10.1. The first-order valence-corrected chi connectivity index (χ1v) is 10.9. The molecule has 2 aromatic rings. The number of imidazole rings is 1. The number of carboxylic acids is 1. The molecule has 8 N–H and O–H groups in total. The zero-order valence-electron chi connectivity index (χ0n) is 18.9. The highest BCUT2D eigenvalue weighted by atomic mass is 32.2. The van der Waals surface area contributed by atoms with Gasteiger partial charge in [0.2, 0.25) is 11.9 Å². The van der Waals surface area contributed by atoms with Gasteiger partial charge in [0.15, 0.2) is 17.2 Å². The molecule has 0 saturated carbocycles. The van der Waals surface area contributed by atoms with Crippen LogP contribution in [0, 0.1) is 6.92 Å². The van der Waals surface area contributed by atoms with Crippen LogP contribution >= 0.6 is 0 Å². The lowest BCUT2D eigenvalue weighted by Gasteiger charge is -2.24. The molecule has 0 aliphatic heterocycles. The van der Waals surface area contributed by atoms with E-state index in [-0.39, 0.29) is 16.7 Å². The van der Waals surface area contributed by atoms with E-state index in [2.05, 4.69) is 14.9 Å². The predicted molar refractivity (Wildman–Crippen MR) is 118 cm³/mol. The number of nitrogens with zero attached hydrogens (tertiary/aromatic N) is 4. The Morgan fingerprint density at radius 2 is 1.81 bits per heavy atom. The van der Waals surface area contributed by atoms with Crippen LogP contribution in [0.5, 0.6) is 0 Å². The molecule has 0 bridgehead atoms. The number of pyridine rings is 1. The van der Waals surface area contributed by atoms with E-state index >= 15 is 0 Å². The summed E-state index contributed by atoms with van der Waals surface area (Å²) in [5.41, 5.74) is 15.1. The third-order valence-corrected chi connectivity index (χ3v) is 5.35. The molecule has 0 fully saturated rings. The van der Waals surface area contributed by atoms with Gasteiger partial charge in [0.1, 0.15) is 5.69 Å². The third kappa shape index (κ3) is 7.89. The number of carboxylic acid groups (broad SMARTS) is 1. The van der Waals surface area contributed by atoms with Crippen LogP contribution in [0.3, 0.4) is 0 Å². The van der Waals surface area contributed by atoms with Gasteiger partial charge in [-0.3, -0.25) is 18.9 Å². The number of aryl methyl sites for hydroxylation is 2. The summed E-state index contributed by atoms with van der Waals surface area (Å²) < 4.78 is 61.3. The summed E-state index contributed by atoms with van der Waals surface area (Å²) in [5, 5.41) is 10.2. The second-order valence-electron chi connectivity index (χ2n) is 7.02. The molecule has 1 amide bonds. The quantitative estimate of drug-likeness (QED) is 0.154. The van der Waals surface area contributed by atoms with E-state index in [0.717, 1.165) is 4.57 Å². The van der Waals surface area contributed by atoms with E-state index in [1.54, 1.807) is 14.0 Å². The number of alkyl halides is 3. The highest BCUT2D eigenvalue weighted by Gasteiger charge is 2.38. The smallest absolute Gasteiger partial charge is 0.475 e. The molecule has 2 atom stereocenters. The topological polar surface area (TPSA) is 240 Å². The van der Waals surface area contributed by atoms with Crippen molar-refractivity contribution in [1.29, 1.82) is 0 Å². The Balaban J connectivity index is 0.000000809. The SMILES string of the molecule is Cc1ccc(NS(=O)(=O)c2cn(C)cn2)c(=O)n1C(C(N)=O)C(C)ON=C(N)N.O=C(O)C(F)(F)F. The molecule has 2 heterocycles. The van der Waals surface area contributed by atoms with Crippen molar-refractivity contribution in [2.45, 2.75) is 37.2 Å². The van der Waals surface area contributed by atoms with E-state index in [1.165, 1.54) is 36.1 Å². The number of nitrogens with two attached hydrogens (primary N) is 3. The number of carbonyl (C=O) groups excluding carboxylic acids is 1. The fraction of sp³-hybridized carbons (Fsp3) is 0.353. The summed E-state index contributed by atoms with van der Waals surface area (Å²) in [6, 6.07) is 1.40. The minimum absolute atomic E-state index is 0.276. The maximum Gasteiger partial charge on any atom is 0.490 e. The van der Waals surface area contributed by atoms with Gasteiger partial charge in [-0.1, -0.05) is 0 Å². The first kappa shape index (κ1) is 29.7. The molecule has 19 heteroatoms. The van der Waals surface area contributed by atoms with E-state index < -0.39 is 45.8 Å². The Kier molecular flexibility index (Phi) is 9.44. The Morgan fingerprint density at radius 1 is 1.25 bits per heavy atom. The number of anilines is 1. The summed E-state index contributed by atoms with van der Waals surface area (Å²) in [6.45, 7) is 2.97. The summed E-state index contributed by atoms with van der Waals surface area (Å²) in [4.78, 5) is 42.7. The molecule has 0 saturated heterocycles. The number of guanidine groups is 1. The monoisotopic (exact) mass is 540 g/mol. The van der Waals surface area contributed by atoms with Crippen LogP contribution in [0.25, 0.3) is 0 Å². The fourth-order valence-electron chi connectivity index (χ4n) is 2.56. The standard InChI is InChI=1S/C15H22N8O5S.C2HF3O2/c1-8-4-5-10(21-29(26,27)11-6-22(3)7-19-11)14(25)23(8)12(13(16)24)9(2)28-20-15(17)18;3-2(4,5)1(6)7/h4-7,9,12,21H,1-3H3,(H2,16,24)(H4,17,18,20);(H,6,7). The molecule has 0 aliphatic carbocycles. The number of nitrogens with one attached hydrogen (secondary N) is 1. The maximum absolute atomic E-state index is 13.0. The number of amides is 1. The molecule has 2 aromatic heterocycles. The van der Waals surface area contributed by atoms with Crippen LogP contribution in [0.4, 0.5) is 18.9 Å². The highest BCUT2D eigenvalue weighted by Crippen LogP contribution is 2.18. The van der Waals surface area contributed by atoms with Gasteiger partial charge in [0.05, 0.1) is 6.33 Å². The predicted octanol–water partition coefficient (Wildman–Crippen LogP) is -1.06. The first-order valence-electron chi connectivity index (χ1n) is 9.45. The molecule has 0 radical (unpaired) electrons. The average Bonchev–Trinajstić information content (AvgIpc) is 3.18. The van der Waals surface area contributed by atoms with E-state index in [1.807, 2.05) is 0 Å². The molecule has 0 aliphatic rings. The molecule has 0 aromatic carbocycles. The second kappa shape index (κ2) is 11.4. The molecule has 2 rings (SSSR count). The molecule has 200 valence electrons. The van der Waals surface area contributed by atoms with Crippen molar-refractivity contribution in [3.63, 3.8) is 0 Å². The summed E-state index contributed by atoms with van der Waals surface area (Å²) in [7, 11) is -2.53. The van der Waals surface area contributed by atoms with E-state index in [4.69, 9.17) is 31.9 Å². The van der Waals surface area contributed by atoms with Crippen molar-refractivity contribution in [3.8, 4) is 0 Å². The Labute approximate surface area is 201 Å². The summed E-state index contributed by atoms with van der Waals surface area (Å²) >= 11 is 0. The number of rotatable bonds is 8. The van der Waals surface area contributed by atoms with Crippen LogP contribution in [-0.2, 0) is 31.5 Å². The van der Waals surface area contributed by atoms with Gasteiger partial charge in [-0.05, 0) is 31.1 Å². The molecular weight excluding hydrogens is 517 g/mol. The van der Waals surface area contributed by atoms with Crippen molar-refractivity contribution in [1.82, 2.24) is 14.1 Å². The van der Waals surface area contributed by atoms with Gasteiger partial charge in [-0.15, -0.1) is 0 Å². The number of primary amides is 1. The van der Waals surface area contributed by atoms with Crippen molar-refractivity contribution < 1.29 is 41.1 Å². The normalized spacial score (nSPS) is 12.9. The number of hydrogen-bond donors (Lipinski definition) is 5. The summed E-state index contributed by atoms with van der Waals surface area (Å²) in [5.74, 6) is -4.05. The molecule has 2 unspecified atom stereocenters. The molecule has 0 spiro atoms. The second-order valence-corrected chi connectivity index (χ2v) is 8.65.